The number of ether oxygens (including phenoxy) is 6. The molecule has 4 aromatic heterocycles. The number of nitrogens with two attached hydrogens (primary N) is 3. The standard InChI is InChI=1S/C16H16N4O7.C16H18N4O5/c1-3-25-15(21)13-9(17)5-7-11(18-13)27-12-8-6-10(20(23)24)14(19-12)16(22)26-4-2;1-3-23-15(21)13-9(17)5-7-11(19-13)25-12-8-6-10(18)14(20-12)16(22)24-4-2/h5-8H,3-4,17H2,1-2H3;5-8H,3-4,17-18H2,1-2H3. The van der Waals surface area contributed by atoms with E-state index in [1.54, 1.807) is 27.7 Å². The molecule has 0 unspecified atom stereocenters. The van der Waals surface area contributed by atoms with Crippen molar-refractivity contribution < 1.29 is 52.5 Å². The number of esters is 4. The third kappa shape index (κ3) is 10.4. The Hall–Kier alpha value is -7.12. The van der Waals surface area contributed by atoms with Gasteiger partial charge in [0.1, 0.15) is 0 Å². The van der Waals surface area contributed by atoms with Crippen LogP contribution in [0.5, 0.6) is 23.5 Å². The van der Waals surface area contributed by atoms with Crippen molar-refractivity contribution in [3.05, 3.63) is 81.4 Å². The van der Waals surface area contributed by atoms with E-state index in [-0.39, 0.29) is 84.1 Å². The normalized spacial score (nSPS) is 10.2. The first-order valence-corrected chi connectivity index (χ1v) is 15.3. The molecule has 0 aromatic carbocycles. The smallest absolute Gasteiger partial charge is 0.364 e. The molecule has 20 heteroatoms. The molecule has 0 atom stereocenters. The number of rotatable bonds is 13. The molecule has 0 aliphatic rings. The van der Waals surface area contributed by atoms with Gasteiger partial charge in [0.15, 0.2) is 17.1 Å². The topological polar surface area (TPSA) is 296 Å². The Morgan fingerprint density at radius 3 is 1.08 bits per heavy atom. The molecular weight excluding hydrogens is 688 g/mol. The van der Waals surface area contributed by atoms with Crippen LogP contribution in [0.1, 0.15) is 69.6 Å². The number of nitrogens with zero attached hydrogens (tertiary/aromatic N) is 5. The van der Waals surface area contributed by atoms with E-state index in [1.807, 2.05) is 0 Å². The van der Waals surface area contributed by atoms with Gasteiger partial charge in [-0.05, 0) is 45.9 Å². The highest BCUT2D eigenvalue weighted by Crippen LogP contribution is 2.26. The number of carbonyl (C=O) groups is 4. The molecule has 20 nitrogen and oxygen atoms in total. The van der Waals surface area contributed by atoms with Crippen LogP contribution >= 0.6 is 0 Å². The van der Waals surface area contributed by atoms with E-state index < -0.39 is 40.2 Å². The van der Waals surface area contributed by atoms with Crippen LogP contribution in [-0.2, 0) is 18.9 Å². The lowest BCUT2D eigenvalue weighted by Crippen LogP contribution is -2.12. The number of hydrogen-bond donors (Lipinski definition) is 3. The van der Waals surface area contributed by atoms with Crippen LogP contribution in [-0.4, -0.2) is 75.2 Å². The van der Waals surface area contributed by atoms with Crippen molar-refractivity contribution in [2.24, 2.45) is 0 Å². The monoisotopic (exact) mass is 722 g/mol. The average Bonchev–Trinajstić information content (AvgIpc) is 3.11. The van der Waals surface area contributed by atoms with E-state index in [0.29, 0.717) is 0 Å². The fraction of sp³-hybridized carbons (Fsp3) is 0.250. The highest BCUT2D eigenvalue weighted by Gasteiger charge is 2.25. The molecule has 6 N–H and O–H groups in total. The van der Waals surface area contributed by atoms with E-state index >= 15 is 0 Å². The minimum Gasteiger partial charge on any atom is -0.461 e. The van der Waals surface area contributed by atoms with Crippen LogP contribution in [0.3, 0.4) is 0 Å². The summed E-state index contributed by atoms with van der Waals surface area (Å²) in [6.07, 6.45) is 0. The van der Waals surface area contributed by atoms with Gasteiger partial charge in [0, 0.05) is 30.3 Å². The van der Waals surface area contributed by atoms with Crippen LogP contribution in [0.2, 0.25) is 0 Å². The van der Waals surface area contributed by atoms with Crippen molar-refractivity contribution in [2.45, 2.75) is 27.7 Å². The van der Waals surface area contributed by atoms with Crippen molar-refractivity contribution in [1.82, 2.24) is 19.9 Å². The number of nitrogen functional groups attached to an aromatic ring is 3. The lowest BCUT2D eigenvalue weighted by Gasteiger charge is -2.09. The molecule has 0 saturated carbocycles. The van der Waals surface area contributed by atoms with Crippen LogP contribution in [0.4, 0.5) is 22.7 Å². The third-order valence-electron chi connectivity index (χ3n) is 6.04. The van der Waals surface area contributed by atoms with Gasteiger partial charge in [-0.15, -0.1) is 0 Å². The highest BCUT2D eigenvalue weighted by atomic mass is 16.6. The van der Waals surface area contributed by atoms with Gasteiger partial charge in [0.25, 0.3) is 0 Å². The summed E-state index contributed by atoms with van der Waals surface area (Å²) in [4.78, 5) is 73.4. The molecule has 0 fully saturated rings. The molecule has 0 spiro atoms. The Balaban J connectivity index is 0.000000281. The summed E-state index contributed by atoms with van der Waals surface area (Å²) in [7, 11) is 0. The van der Waals surface area contributed by atoms with Crippen molar-refractivity contribution in [3.8, 4) is 23.5 Å². The van der Waals surface area contributed by atoms with Crippen LogP contribution in [0, 0.1) is 10.1 Å². The molecule has 0 radical (unpaired) electrons. The van der Waals surface area contributed by atoms with E-state index in [2.05, 4.69) is 19.9 Å². The molecule has 0 aliphatic carbocycles. The summed E-state index contributed by atoms with van der Waals surface area (Å²) in [5.74, 6) is -3.13. The second-order valence-electron chi connectivity index (χ2n) is 9.62. The second kappa shape index (κ2) is 18.6. The Kier molecular flexibility index (Phi) is 14.1. The Morgan fingerprint density at radius 1 is 0.519 bits per heavy atom. The number of hydrogen-bond acceptors (Lipinski definition) is 19. The summed E-state index contributed by atoms with van der Waals surface area (Å²) in [6.45, 7) is 7.06. The molecule has 0 aliphatic heterocycles. The number of anilines is 3. The maximum atomic E-state index is 11.9. The minimum atomic E-state index is -0.966. The molecular formula is C32H34N8O12. The van der Waals surface area contributed by atoms with Crippen molar-refractivity contribution >= 4 is 46.6 Å². The molecule has 0 bridgehead atoms. The maximum absolute atomic E-state index is 11.9. The van der Waals surface area contributed by atoms with Crippen LogP contribution in [0.25, 0.3) is 0 Å². The van der Waals surface area contributed by atoms with E-state index in [0.717, 1.165) is 6.07 Å². The molecule has 4 aromatic rings. The zero-order valence-corrected chi connectivity index (χ0v) is 28.3. The van der Waals surface area contributed by atoms with Gasteiger partial charge < -0.3 is 45.6 Å². The fourth-order valence-corrected chi connectivity index (χ4v) is 3.82. The van der Waals surface area contributed by atoms with Crippen molar-refractivity contribution in [2.75, 3.05) is 43.6 Å². The van der Waals surface area contributed by atoms with Gasteiger partial charge in [-0.2, -0.15) is 4.98 Å². The lowest BCUT2D eigenvalue weighted by molar-refractivity contribution is -0.385. The highest BCUT2D eigenvalue weighted by molar-refractivity contribution is 5.94. The first-order valence-electron chi connectivity index (χ1n) is 15.3. The van der Waals surface area contributed by atoms with Gasteiger partial charge in [0.05, 0.1) is 48.4 Å². The lowest BCUT2D eigenvalue weighted by atomic mass is 10.3. The summed E-state index contributed by atoms with van der Waals surface area (Å²) in [5, 5.41) is 11.1. The SMILES string of the molecule is CCOC(=O)c1nc(Oc2ccc(N)c(C(=O)OCC)n2)ccc1N.CCOC(=O)c1nc(Oc2ccc([N+](=O)[O-])c(C(=O)OCC)n2)ccc1N. The van der Waals surface area contributed by atoms with Crippen LogP contribution < -0.4 is 26.7 Å². The molecule has 274 valence electrons. The molecule has 4 rings (SSSR count). The summed E-state index contributed by atoms with van der Waals surface area (Å²) < 4.78 is 30.2. The predicted molar refractivity (Wildman–Crippen MR) is 181 cm³/mol. The average molecular weight is 723 g/mol. The third-order valence-corrected chi connectivity index (χ3v) is 6.04. The summed E-state index contributed by atoms with van der Waals surface area (Å²) in [6, 6.07) is 10.8. The summed E-state index contributed by atoms with van der Waals surface area (Å²) in [5.41, 5.74) is 16.2. The van der Waals surface area contributed by atoms with Gasteiger partial charge in [-0.3, -0.25) is 10.1 Å². The van der Waals surface area contributed by atoms with Gasteiger partial charge >= 0.3 is 29.6 Å². The minimum absolute atomic E-state index is 0.0190. The number of nitro groups is 1. The van der Waals surface area contributed by atoms with Crippen molar-refractivity contribution in [3.63, 3.8) is 0 Å². The zero-order valence-electron chi connectivity index (χ0n) is 28.3. The van der Waals surface area contributed by atoms with Crippen LogP contribution in [0.15, 0.2) is 48.5 Å². The molecule has 52 heavy (non-hydrogen) atoms. The first-order chi connectivity index (χ1) is 24.8. The zero-order chi connectivity index (χ0) is 38.4. The maximum Gasteiger partial charge on any atom is 0.364 e. The van der Waals surface area contributed by atoms with E-state index in [9.17, 15) is 29.3 Å². The molecule has 0 amide bonds. The van der Waals surface area contributed by atoms with E-state index in [1.165, 1.54) is 42.5 Å². The van der Waals surface area contributed by atoms with Gasteiger partial charge in [0.2, 0.25) is 29.2 Å². The number of aromatic nitrogens is 4. The Bertz CT molecular complexity index is 1890. The fourth-order valence-electron chi connectivity index (χ4n) is 3.82. The van der Waals surface area contributed by atoms with Gasteiger partial charge in [-0.25, -0.2) is 34.1 Å². The predicted octanol–water partition coefficient (Wildman–Crippen LogP) is 3.90. The number of pyridine rings is 4. The Morgan fingerprint density at radius 2 is 0.788 bits per heavy atom. The largest absolute Gasteiger partial charge is 0.461 e. The number of carbonyl (C=O) groups excluding carboxylic acids is 4. The second-order valence-corrected chi connectivity index (χ2v) is 9.62. The van der Waals surface area contributed by atoms with E-state index in [4.69, 9.17) is 45.6 Å². The molecule has 4 heterocycles. The first kappa shape index (κ1) is 39.3. The molecule has 0 saturated heterocycles. The Labute approximate surface area is 295 Å². The summed E-state index contributed by atoms with van der Waals surface area (Å²) >= 11 is 0. The quantitative estimate of drug-likeness (QED) is 0.0762. The van der Waals surface area contributed by atoms with Gasteiger partial charge in [-0.1, -0.05) is 0 Å². The van der Waals surface area contributed by atoms with Crippen molar-refractivity contribution in [1.29, 1.82) is 0 Å².